The van der Waals surface area contributed by atoms with E-state index in [4.69, 9.17) is 19.4 Å². The molecule has 4 heterocycles. The first-order valence-electron chi connectivity index (χ1n) is 11.3. The van der Waals surface area contributed by atoms with E-state index in [-0.39, 0.29) is 0 Å². The molecule has 4 aromatic rings. The number of nitrogens with one attached hydrogen (secondary N) is 1. The van der Waals surface area contributed by atoms with Crippen LogP contribution in [0.5, 0.6) is 5.75 Å². The zero-order valence-electron chi connectivity index (χ0n) is 19.8. The van der Waals surface area contributed by atoms with E-state index in [9.17, 15) is 0 Å². The number of pyridine rings is 1. The van der Waals surface area contributed by atoms with Crippen molar-refractivity contribution in [2.75, 3.05) is 37.5 Å². The first kappa shape index (κ1) is 22.0. The van der Waals surface area contributed by atoms with E-state index in [1.807, 2.05) is 44.4 Å². The molecular weight excluding hydrogens is 432 g/mol. The third kappa shape index (κ3) is 4.24. The highest BCUT2D eigenvalue weighted by atomic mass is 16.5. The standard InChI is InChI=1S/C24H28N8O2/c1-15-11-17-13-25-24(29-22(17)23(27-15)32-9-7-18(33-3)8-10-32)28-19-6-5-16(12-21(19)34-4)20-14-26-30-31(20)2/h5-6,11-14,18H,7-10H2,1-4H3,(H,25,28,29). The monoisotopic (exact) mass is 460 g/mol. The molecule has 0 unspecified atom stereocenters. The van der Waals surface area contributed by atoms with Crippen LogP contribution in [0.3, 0.4) is 0 Å². The van der Waals surface area contributed by atoms with Crippen molar-refractivity contribution in [1.82, 2.24) is 29.9 Å². The molecule has 1 fully saturated rings. The average molecular weight is 461 g/mol. The number of hydrogen-bond acceptors (Lipinski definition) is 9. The van der Waals surface area contributed by atoms with Gasteiger partial charge < -0.3 is 19.7 Å². The number of hydrogen-bond donors (Lipinski definition) is 1. The van der Waals surface area contributed by atoms with Crippen molar-refractivity contribution in [1.29, 1.82) is 0 Å². The van der Waals surface area contributed by atoms with Crippen LogP contribution >= 0.6 is 0 Å². The lowest BCUT2D eigenvalue weighted by Crippen LogP contribution is -2.37. The van der Waals surface area contributed by atoms with Gasteiger partial charge in [0.25, 0.3) is 0 Å². The fraction of sp³-hybridized carbons (Fsp3) is 0.375. The molecule has 1 aliphatic rings. The molecule has 10 heteroatoms. The SMILES string of the molecule is COc1cc(-c2cnnn2C)ccc1Nc1ncc2cc(C)nc(N3CCC(OC)CC3)c2n1. The van der Waals surface area contributed by atoms with Crippen LogP contribution in [0.25, 0.3) is 22.2 Å². The number of fused-ring (bicyclic) bond motifs is 1. The number of benzene rings is 1. The van der Waals surface area contributed by atoms with Crippen molar-refractivity contribution in [2.24, 2.45) is 7.05 Å². The first-order chi connectivity index (χ1) is 16.6. The van der Waals surface area contributed by atoms with Gasteiger partial charge in [-0.25, -0.2) is 19.6 Å². The summed E-state index contributed by atoms with van der Waals surface area (Å²) in [6.07, 6.45) is 5.81. The predicted molar refractivity (Wildman–Crippen MR) is 131 cm³/mol. The number of aryl methyl sites for hydroxylation is 2. The Morgan fingerprint density at radius 2 is 1.88 bits per heavy atom. The van der Waals surface area contributed by atoms with Crippen LogP contribution in [0.2, 0.25) is 0 Å². The molecule has 0 bridgehead atoms. The summed E-state index contributed by atoms with van der Waals surface area (Å²) in [6.45, 7) is 3.77. The number of rotatable bonds is 6. The Labute approximate surface area is 197 Å². The number of nitrogens with zero attached hydrogens (tertiary/aromatic N) is 7. The third-order valence-electron chi connectivity index (χ3n) is 6.21. The molecule has 10 nitrogen and oxygen atoms in total. The Kier molecular flexibility index (Phi) is 5.97. The maximum atomic E-state index is 5.64. The van der Waals surface area contributed by atoms with Crippen molar-refractivity contribution >= 4 is 28.4 Å². The Bertz CT molecular complexity index is 1310. The van der Waals surface area contributed by atoms with Gasteiger partial charge in [0.1, 0.15) is 11.3 Å². The van der Waals surface area contributed by atoms with Crippen molar-refractivity contribution < 1.29 is 9.47 Å². The molecule has 1 N–H and O–H groups in total. The van der Waals surface area contributed by atoms with Crippen molar-refractivity contribution in [3.05, 3.63) is 42.4 Å². The van der Waals surface area contributed by atoms with E-state index >= 15 is 0 Å². The first-order valence-corrected chi connectivity index (χ1v) is 11.3. The predicted octanol–water partition coefficient (Wildman–Crippen LogP) is 3.50. The Morgan fingerprint density at radius 1 is 1.06 bits per heavy atom. The van der Waals surface area contributed by atoms with Crippen LogP contribution < -0.4 is 15.0 Å². The molecule has 1 aromatic carbocycles. The number of ether oxygens (including phenoxy) is 2. The fourth-order valence-electron chi connectivity index (χ4n) is 4.36. The summed E-state index contributed by atoms with van der Waals surface area (Å²) in [5, 5.41) is 12.2. The van der Waals surface area contributed by atoms with Gasteiger partial charge in [0, 0.05) is 50.1 Å². The van der Waals surface area contributed by atoms with E-state index < -0.39 is 0 Å². The van der Waals surface area contributed by atoms with Crippen molar-refractivity contribution in [3.63, 3.8) is 0 Å². The summed E-state index contributed by atoms with van der Waals surface area (Å²) < 4.78 is 12.9. The highest BCUT2D eigenvalue weighted by Gasteiger charge is 2.22. The number of piperidine rings is 1. The van der Waals surface area contributed by atoms with Crippen LogP contribution in [0.15, 0.2) is 36.7 Å². The lowest BCUT2D eigenvalue weighted by molar-refractivity contribution is 0.0818. The summed E-state index contributed by atoms with van der Waals surface area (Å²) in [5.74, 6) is 2.05. The van der Waals surface area contributed by atoms with Crippen molar-refractivity contribution in [2.45, 2.75) is 25.9 Å². The van der Waals surface area contributed by atoms with E-state index in [0.717, 1.165) is 65.3 Å². The highest BCUT2D eigenvalue weighted by Crippen LogP contribution is 2.33. The summed E-state index contributed by atoms with van der Waals surface area (Å²) in [4.78, 5) is 16.5. The second kappa shape index (κ2) is 9.22. The molecule has 34 heavy (non-hydrogen) atoms. The fourth-order valence-corrected chi connectivity index (χ4v) is 4.36. The average Bonchev–Trinajstić information content (AvgIpc) is 3.30. The molecule has 0 aliphatic carbocycles. The second-order valence-electron chi connectivity index (χ2n) is 8.42. The van der Waals surface area contributed by atoms with Gasteiger partial charge in [-0.3, -0.25) is 0 Å². The maximum Gasteiger partial charge on any atom is 0.227 e. The molecule has 0 atom stereocenters. The summed E-state index contributed by atoms with van der Waals surface area (Å²) >= 11 is 0. The molecule has 176 valence electrons. The van der Waals surface area contributed by atoms with Gasteiger partial charge in [0.05, 0.1) is 30.8 Å². The highest BCUT2D eigenvalue weighted by molar-refractivity contribution is 5.89. The van der Waals surface area contributed by atoms with Crippen LogP contribution in [0.4, 0.5) is 17.5 Å². The number of aromatic nitrogens is 6. The second-order valence-corrected chi connectivity index (χ2v) is 8.42. The van der Waals surface area contributed by atoms with Gasteiger partial charge in [-0.2, -0.15) is 0 Å². The smallest absolute Gasteiger partial charge is 0.227 e. The largest absolute Gasteiger partial charge is 0.495 e. The molecule has 0 spiro atoms. The van der Waals surface area contributed by atoms with Crippen molar-refractivity contribution in [3.8, 4) is 17.0 Å². The van der Waals surface area contributed by atoms with E-state index in [0.29, 0.717) is 17.8 Å². The third-order valence-corrected chi connectivity index (χ3v) is 6.21. The lowest BCUT2D eigenvalue weighted by atomic mass is 10.1. The van der Waals surface area contributed by atoms with Crippen LogP contribution in [-0.4, -0.2) is 63.4 Å². The molecule has 1 saturated heterocycles. The Balaban J connectivity index is 1.47. The van der Waals surface area contributed by atoms with E-state index in [1.54, 1.807) is 25.1 Å². The minimum Gasteiger partial charge on any atom is -0.495 e. The maximum absolute atomic E-state index is 5.64. The molecule has 0 saturated carbocycles. The van der Waals surface area contributed by atoms with Crippen LogP contribution in [0.1, 0.15) is 18.5 Å². The number of anilines is 3. The zero-order valence-corrected chi connectivity index (χ0v) is 19.8. The summed E-state index contributed by atoms with van der Waals surface area (Å²) in [7, 11) is 5.27. The van der Waals surface area contributed by atoms with Crippen LogP contribution in [0, 0.1) is 6.92 Å². The topological polar surface area (TPSA) is 103 Å². The van der Waals surface area contributed by atoms with Gasteiger partial charge in [-0.15, -0.1) is 5.10 Å². The molecule has 0 radical (unpaired) electrons. The lowest BCUT2D eigenvalue weighted by Gasteiger charge is -2.32. The van der Waals surface area contributed by atoms with Gasteiger partial charge in [0.2, 0.25) is 5.95 Å². The Morgan fingerprint density at radius 3 is 2.59 bits per heavy atom. The number of methoxy groups -OCH3 is 2. The van der Waals surface area contributed by atoms with E-state index in [2.05, 4.69) is 25.5 Å². The van der Waals surface area contributed by atoms with Gasteiger partial charge in [-0.1, -0.05) is 11.3 Å². The van der Waals surface area contributed by atoms with Gasteiger partial charge >= 0.3 is 0 Å². The molecule has 1 aliphatic heterocycles. The van der Waals surface area contributed by atoms with Gasteiger partial charge in [-0.05, 0) is 38.0 Å². The molecule has 3 aromatic heterocycles. The molecule has 5 rings (SSSR count). The van der Waals surface area contributed by atoms with Crippen LogP contribution in [-0.2, 0) is 11.8 Å². The molecule has 0 amide bonds. The van der Waals surface area contributed by atoms with Gasteiger partial charge in [0.15, 0.2) is 5.82 Å². The normalized spacial score (nSPS) is 14.5. The minimum absolute atomic E-state index is 0.303. The zero-order chi connectivity index (χ0) is 23.7. The molecular formula is C24H28N8O2. The van der Waals surface area contributed by atoms with E-state index in [1.165, 1.54) is 0 Å². The minimum atomic E-state index is 0.303. The Hall–Kier alpha value is -3.79. The summed E-state index contributed by atoms with van der Waals surface area (Å²) in [5.41, 5.74) is 4.40. The summed E-state index contributed by atoms with van der Waals surface area (Å²) in [6, 6.07) is 7.89. The quantitative estimate of drug-likeness (QED) is 0.463.